The van der Waals surface area contributed by atoms with Gasteiger partial charge in [-0.25, -0.2) is 13.1 Å². The van der Waals surface area contributed by atoms with Crippen LogP contribution >= 0.6 is 0 Å². The molecule has 2 aromatic carbocycles. The first-order valence-corrected chi connectivity index (χ1v) is 11.3. The second-order valence-corrected chi connectivity index (χ2v) is 8.84. The summed E-state index contributed by atoms with van der Waals surface area (Å²) in [5, 5.41) is 5.06. The lowest BCUT2D eigenvalue weighted by Gasteiger charge is -2.07. The maximum atomic E-state index is 12.2. The highest BCUT2D eigenvalue weighted by Crippen LogP contribution is 2.22. The lowest BCUT2D eigenvalue weighted by Crippen LogP contribution is -2.30. The third kappa shape index (κ3) is 6.76. The molecule has 0 aliphatic heterocycles. The molecule has 10 heteroatoms. The number of nitrogens with one attached hydrogen (secondary N) is 3. The minimum absolute atomic E-state index is 0.0284. The van der Waals surface area contributed by atoms with Crippen molar-refractivity contribution in [3.63, 3.8) is 0 Å². The summed E-state index contributed by atoms with van der Waals surface area (Å²) in [4.78, 5) is 35.6. The van der Waals surface area contributed by atoms with Crippen LogP contribution in [0.4, 0.5) is 5.69 Å². The molecule has 0 radical (unpaired) electrons. The first-order valence-electron chi connectivity index (χ1n) is 9.83. The lowest BCUT2D eigenvalue weighted by molar-refractivity contribution is -0.139. The number of carbonyl (C=O) groups is 3. The summed E-state index contributed by atoms with van der Waals surface area (Å²) in [5.41, 5.74) is 1.33. The first kappa shape index (κ1) is 23.2. The van der Waals surface area contributed by atoms with E-state index in [4.69, 9.17) is 0 Å². The Labute approximate surface area is 185 Å². The standard InChI is InChI=1S/C22H23N3O6S/c1-31-21(27)14-23-22(28)16-3-2-4-18(13-16)24-20(26)12-7-15-5-10-19(11-6-15)32(29,30)25-17-8-9-17/h2-7,10-13,17,25H,8-9,14H2,1H3,(H,23,28)(H,24,26). The molecule has 168 valence electrons. The van der Waals surface area contributed by atoms with Crippen LogP contribution in [0.3, 0.4) is 0 Å². The Morgan fingerprint density at radius 1 is 1.09 bits per heavy atom. The number of amides is 2. The number of carbonyl (C=O) groups excluding carboxylic acids is 3. The molecule has 3 rings (SSSR count). The van der Waals surface area contributed by atoms with E-state index in [-0.39, 0.29) is 23.0 Å². The molecule has 0 unspecified atom stereocenters. The summed E-state index contributed by atoms with van der Waals surface area (Å²) in [6, 6.07) is 12.5. The molecule has 32 heavy (non-hydrogen) atoms. The van der Waals surface area contributed by atoms with Gasteiger partial charge in [0.15, 0.2) is 0 Å². The summed E-state index contributed by atoms with van der Waals surface area (Å²) in [6.45, 7) is -0.259. The van der Waals surface area contributed by atoms with Gasteiger partial charge in [-0.15, -0.1) is 0 Å². The van der Waals surface area contributed by atoms with Gasteiger partial charge in [-0.1, -0.05) is 18.2 Å². The molecule has 9 nitrogen and oxygen atoms in total. The number of anilines is 1. The van der Waals surface area contributed by atoms with Crippen LogP contribution in [0.25, 0.3) is 6.08 Å². The zero-order valence-corrected chi connectivity index (χ0v) is 18.1. The molecule has 1 aliphatic carbocycles. The van der Waals surface area contributed by atoms with Gasteiger partial charge < -0.3 is 15.4 Å². The molecule has 0 atom stereocenters. The molecule has 0 saturated heterocycles. The van der Waals surface area contributed by atoms with Crippen molar-refractivity contribution in [1.82, 2.24) is 10.0 Å². The van der Waals surface area contributed by atoms with Gasteiger partial charge in [0.1, 0.15) is 6.54 Å². The van der Waals surface area contributed by atoms with Gasteiger partial charge >= 0.3 is 5.97 Å². The number of methoxy groups -OCH3 is 1. The SMILES string of the molecule is COC(=O)CNC(=O)c1cccc(NC(=O)C=Cc2ccc(S(=O)(=O)NC3CC3)cc2)c1. The van der Waals surface area contributed by atoms with Crippen LogP contribution in [0.5, 0.6) is 0 Å². The number of benzene rings is 2. The van der Waals surface area contributed by atoms with E-state index in [1.165, 1.54) is 31.4 Å². The zero-order chi connectivity index (χ0) is 23.1. The van der Waals surface area contributed by atoms with Gasteiger partial charge in [-0.3, -0.25) is 14.4 Å². The van der Waals surface area contributed by atoms with E-state index in [2.05, 4.69) is 20.1 Å². The van der Waals surface area contributed by atoms with E-state index in [0.29, 0.717) is 11.3 Å². The third-order valence-corrected chi connectivity index (χ3v) is 6.07. The Balaban J connectivity index is 1.57. The maximum absolute atomic E-state index is 12.2. The molecular formula is C22H23N3O6S. The van der Waals surface area contributed by atoms with Crippen LogP contribution in [0.2, 0.25) is 0 Å². The fourth-order valence-corrected chi connectivity index (χ4v) is 3.97. The fourth-order valence-electron chi connectivity index (χ4n) is 2.67. The topological polar surface area (TPSA) is 131 Å². The molecule has 1 fully saturated rings. The highest BCUT2D eigenvalue weighted by atomic mass is 32.2. The molecule has 0 heterocycles. The van der Waals surface area contributed by atoms with Crippen molar-refractivity contribution in [1.29, 1.82) is 0 Å². The largest absolute Gasteiger partial charge is 0.468 e. The van der Waals surface area contributed by atoms with Gasteiger partial charge in [-0.05, 0) is 54.8 Å². The van der Waals surface area contributed by atoms with Crippen molar-refractivity contribution < 1.29 is 27.5 Å². The van der Waals surface area contributed by atoms with Gasteiger partial charge in [0.05, 0.1) is 12.0 Å². The van der Waals surface area contributed by atoms with Crippen LogP contribution in [-0.4, -0.2) is 45.9 Å². The Morgan fingerprint density at radius 2 is 1.81 bits per heavy atom. The Hall–Kier alpha value is -3.50. The smallest absolute Gasteiger partial charge is 0.325 e. The van der Waals surface area contributed by atoms with Crippen molar-refractivity contribution in [2.45, 2.75) is 23.8 Å². The maximum Gasteiger partial charge on any atom is 0.325 e. The second-order valence-electron chi connectivity index (χ2n) is 7.13. The number of ether oxygens (including phenoxy) is 1. The molecule has 3 N–H and O–H groups in total. The van der Waals surface area contributed by atoms with Crippen LogP contribution in [0.15, 0.2) is 59.5 Å². The second kappa shape index (κ2) is 10.2. The number of rotatable bonds is 9. The summed E-state index contributed by atoms with van der Waals surface area (Å²) in [6.07, 6.45) is 4.56. The Bertz CT molecular complexity index is 1140. The van der Waals surface area contributed by atoms with Crippen LogP contribution in [0, 0.1) is 0 Å². The van der Waals surface area contributed by atoms with Crippen molar-refractivity contribution in [2.75, 3.05) is 19.0 Å². The zero-order valence-electron chi connectivity index (χ0n) is 17.3. The van der Waals surface area contributed by atoms with Gasteiger partial charge in [-0.2, -0.15) is 0 Å². The van der Waals surface area contributed by atoms with E-state index in [0.717, 1.165) is 12.8 Å². The highest BCUT2D eigenvalue weighted by molar-refractivity contribution is 7.89. The first-order chi connectivity index (χ1) is 15.3. The average Bonchev–Trinajstić information content (AvgIpc) is 3.59. The van der Waals surface area contributed by atoms with E-state index in [1.54, 1.807) is 36.4 Å². The Morgan fingerprint density at radius 3 is 2.47 bits per heavy atom. The van der Waals surface area contributed by atoms with Crippen molar-refractivity contribution in [3.8, 4) is 0 Å². The predicted molar refractivity (Wildman–Crippen MR) is 118 cm³/mol. The molecule has 1 aliphatic rings. The molecule has 0 aromatic heterocycles. The van der Waals surface area contributed by atoms with Crippen LogP contribution < -0.4 is 15.4 Å². The lowest BCUT2D eigenvalue weighted by atomic mass is 10.2. The van der Waals surface area contributed by atoms with Crippen molar-refractivity contribution >= 4 is 39.6 Å². The fraction of sp³-hybridized carbons (Fsp3) is 0.227. The molecule has 2 aromatic rings. The monoisotopic (exact) mass is 457 g/mol. The van der Waals surface area contributed by atoms with Gasteiger partial charge in [0.2, 0.25) is 15.9 Å². The number of esters is 1. The van der Waals surface area contributed by atoms with E-state index >= 15 is 0 Å². The summed E-state index contributed by atoms with van der Waals surface area (Å²) in [7, 11) is -2.30. The quantitative estimate of drug-likeness (QED) is 0.388. The number of hydrogen-bond donors (Lipinski definition) is 3. The number of sulfonamides is 1. The van der Waals surface area contributed by atoms with E-state index in [1.807, 2.05) is 0 Å². The molecule has 1 saturated carbocycles. The van der Waals surface area contributed by atoms with Crippen LogP contribution in [0.1, 0.15) is 28.8 Å². The molecular weight excluding hydrogens is 434 g/mol. The Kier molecular flexibility index (Phi) is 7.39. The summed E-state index contributed by atoms with van der Waals surface area (Å²) >= 11 is 0. The van der Waals surface area contributed by atoms with Crippen molar-refractivity contribution in [3.05, 3.63) is 65.7 Å². The average molecular weight is 458 g/mol. The third-order valence-electron chi connectivity index (χ3n) is 4.53. The van der Waals surface area contributed by atoms with Crippen LogP contribution in [-0.2, 0) is 24.3 Å². The minimum Gasteiger partial charge on any atom is -0.468 e. The van der Waals surface area contributed by atoms with E-state index < -0.39 is 27.8 Å². The molecule has 0 bridgehead atoms. The molecule has 2 amide bonds. The van der Waals surface area contributed by atoms with E-state index in [9.17, 15) is 22.8 Å². The van der Waals surface area contributed by atoms with Crippen molar-refractivity contribution in [2.24, 2.45) is 0 Å². The number of hydrogen-bond acceptors (Lipinski definition) is 6. The molecule has 0 spiro atoms. The summed E-state index contributed by atoms with van der Waals surface area (Å²) in [5.74, 6) is -1.48. The highest BCUT2D eigenvalue weighted by Gasteiger charge is 2.27. The van der Waals surface area contributed by atoms with Gasteiger partial charge in [0.25, 0.3) is 5.91 Å². The summed E-state index contributed by atoms with van der Waals surface area (Å²) < 4.78 is 31.4. The van der Waals surface area contributed by atoms with Gasteiger partial charge in [0, 0.05) is 23.4 Å². The minimum atomic E-state index is -3.52. The predicted octanol–water partition coefficient (Wildman–Crippen LogP) is 1.68. The normalized spacial score (nSPS) is 13.5.